The van der Waals surface area contributed by atoms with Gasteiger partial charge in [-0.05, 0) is 24.3 Å². The van der Waals surface area contributed by atoms with E-state index in [0.29, 0.717) is 17.1 Å². The number of hydrogen-bond donors (Lipinski definition) is 1. The van der Waals surface area contributed by atoms with Gasteiger partial charge >= 0.3 is 0 Å². The van der Waals surface area contributed by atoms with Crippen molar-refractivity contribution in [3.8, 4) is 11.8 Å². The minimum atomic E-state index is 0.568. The zero-order valence-corrected chi connectivity index (χ0v) is 11.2. The molecule has 0 aliphatic carbocycles. The largest absolute Gasteiger partial charge is 0.496 e. The topological polar surface area (TPSA) is 45.0 Å². The Bertz CT molecular complexity index is 620. The van der Waals surface area contributed by atoms with Crippen LogP contribution in [0.25, 0.3) is 0 Å². The molecule has 0 saturated carbocycles. The molecule has 0 aromatic heterocycles. The first kappa shape index (κ1) is 13.3. The van der Waals surface area contributed by atoms with E-state index in [2.05, 4.69) is 11.4 Å². The molecule has 0 amide bonds. The molecule has 0 aliphatic rings. The molecule has 4 heteroatoms. The van der Waals surface area contributed by atoms with Crippen molar-refractivity contribution in [2.45, 2.75) is 6.54 Å². The number of para-hydroxylation sites is 1. The molecule has 2 aromatic rings. The van der Waals surface area contributed by atoms with E-state index < -0.39 is 0 Å². The average molecular weight is 273 g/mol. The maximum absolute atomic E-state index is 9.05. The van der Waals surface area contributed by atoms with E-state index in [1.165, 1.54) is 0 Å². The lowest BCUT2D eigenvalue weighted by Crippen LogP contribution is -2.03. The smallest absolute Gasteiger partial charge is 0.123 e. The average Bonchev–Trinajstić information content (AvgIpc) is 2.45. The summed E-state index contributed by atoms with van der Waals surface area (Å²) in [6, 6.07) is 15.0. The SMILES string of the molecule is COc1ccccc1CNc1cc(Cl)ccc1C#N. The van der Waals surface area contributed by atoms with Gasteiger partial charge in [-0.1, -0.05) is 29.8 Å². The quantitative estimate of drug-likeness (QED) is 0.920. The number of nitrogens with one attached hydrogen (secondary N) is 1. The molecule has 0 bridgehead atoms. The molecule has 19 heavy (non-hydrogen) atoms. The Balaban J connectivity index is 2.19. The summed E-state index contributed by atoms with van der Waals surface area (Å²) in [7, 11) is 1.64. The molecular weight excluding hydrogens is 260 g/mol. The van der Waals surface area contributed by atoms with Crippen LogP contribution in [0.4, 0.5) is 5.69 Å². The molecule has 0 saturated heterocycles. The molecule has 0 aliphatic heterocycles. The number of ether oxygens (including phenoxy) is 1. The number of nitrogens with zero attached hydrogens (tertiary/aromatic N) is 1. The van der Waals surface area contributed by atoms with E-state index in [9.17, 15) is 0 Å². The molecule has 0 fully saturated rings. The Morgan fingerprint density at radius 1 is 1.26 bits per heavy atom. The van der Waals surface area contributed by atoms with Crippen molar-refractivity contribution < 1.29 is 4.74 Å². The second-order valence-electron chi connectivity index (χ2n) is 3.97. The zero-order chi connectivity index (χ0) is 13.7. The van der Waals surface area contributed by atoms with Gasteiger partial charge in [0.15, 0.2) is 0 Å². The van der Waals surface area contributed by atoms with Crippen molar-refractivity contribution in [3.05, 3.63) is 58.6 Å². The first-order chi connectivity index (χ1) is 9.24. The van der Waals surface area contributed by atoms with Gasteiger partial charge in [0, 0.05) is 17.1 Å². The summed E-state index contributed by atoms with van der Waals surface area (Å²) in [5, 5.41) is 12.9. The van der Waals surface area contributed by atoms with Gasteiger partial charge in [0.25, 0.3) is 0 Å². The van der Waals surface area contributed by atoms with Crippen LogP contribution in [0, 0.1) is 11.3 Å². The molecule has 0 atom stereocenters. The maximum Gasteiger partial charge on any atom is 0.123 e. The summed E-state index contributed by atoms with van der Waals surface area (Å²) >= 11 is 5.94. The van der Waals surface area contributed by atoms with Crippen molar-refractivity contribution in [2.75, 3.05) is 12.4 Å². The summed E-state index contributed by atoms with van der Waals surface area (Å²) in [4.78, 5) is 0. The van der Waals surface area contributed by atoms with Crippen LogP contribution in [0.5, 0.6) is 5.75 Å². The number of rotatable bonds is 4. The van der Waals surface area contributed by atoms with Gasteiger partial charge in [-0.25, -0.2) is 0 Å². The molecular formula is C15H13ClN2O. The maximum atomic E-state index is 9.05. The van der Waals surface area contributed by atoms with Gasteiger partial charge in [0.1, 0.15) is 11.8 Å². The third-order valence-corrected chi connectivity index (χ3v) is 3.00. The standard InChI is InChI=1S/C15H13ClN2O/c1-19-15-5-3-2-4-12(15)10-18-14-8-13(16)7-6-11(14)9-17/h2-8,18H,10H2,1H3. The number of halogens is 1. The summed E-state index contributed by atoms with van der Waals surface area (Å²) in [5.41, 5.74) is 2.31. The van der Waals surface area contributed by atoms with Crippen LogP contribution < -0.4 is 10.1 Å². The second-order valence-corrected chi connectivity index (χ2v) is 4.40. The Morgan fingerprint density at radius 3 is 2.79 bits per heavy atom. The third kappa shape index (κ3) is 3.18. The van der Waals surface area contributed by atoms with Crippen LogP contribution in [0.2, 0.25) is 5.02 Å². The van der Waals surface area contributed by atoms with E-state index in [0.717, 1.165) is 17.0 Å². The number of benzene rings is 2. The molecule has 0 unspecified atom stereocenters. The summed E-state index contributed by atoms with van der Waals surface area (Å²) in [5.74, 6) is 0.815. The van der Waals surface area contributed by atoms with Gasteiger partial charge < -0.3 is 10.1 Å². The van der Waals surface area contributed by atoms with Gasteiger partial charge in [0.05, 0.1) is 18.4 Å². The highest BCUT2D eigenvalue weighted by atomic mass is 35.5. The number of methoxy groups -OCH3 is 1. The molecule has 1 N–H and O–H groups in total. The predicted molar refractivity (Wildman–Crippen MR) is 76.5 cm³/mol. The monoisotopic (exact) mass is 272 g/mol. The third-order valence-electron chi connectivity index (χ3n) is 2.76. The molecule has 0 radical (unpaired) electrons. The van der Waals surface area contributed by atoms with Crippen LogP contribution in [-0.4, -0.2) is 7.11 Å². The van der Waals surface area contributed by atoms with Gasteiger partial charge in [-0.2, -0.15) is 5.26 Å². The van der Waals surface area contributed by atoms with Crippen molar-refractivity contribution >= 4 is 17.3 Å². The van der Waals surface area contributed by atoms with E-state index in [1.54, 1.807) is 25.3 Å². The summed E-state index contributed by atoms with van der Waals surface area (Å²) in [6.07, 6.45) is 0. The Kier molecular flexibility index (Phi) is 4.27. The Morgan fingerprint density at radius 2 is 2.05 bits per heavy atom. The minimum Gasteiger partial charge on any atom is -0.496 e. The summed E-state index contributed by atoms with van der Waals surface area (Å²) < 4.78 is 5.28. The fraction of sp³-hybridized carbons (Fsp3) is 0.133. The first-order valence-corrected chi connectivity index (χ1v) is 6.18. The van der Waals surface area contributed by atoms with Gasteiger partial charge in [-0.15, -0.1) is 0 Å². The van der Waals surface area contributed by atoms with Gasteiger partial charge in [0.2, 0.25) is 0 Å². The van der Waals surface area contributed by atoms with E-state index in [4.69, 9.17) is 21.6 Å². The van der Waals surface area contributed by atoms with Crippen molar-refractivity contribution in [1.82, 2.24) is 0 Å². The van der Waals surface area contributed by atoms with Crippen molar-refractivity contribution in [1.29, 1.82) is 5.26 Å². The van der Waals surface area contributed by atoms with Crippen LogP contribution in [-0.2, 0) is 6.54 Å². The van der Waals surface area contributed by atoms with Crippen molar-refractivity contribution in [3.63, 3.8) is 0 Å². The Hall–Kier alpha value is -2.18. The number of hydrogen-bond acceptors (Lipinski definition) is 3. The molecule has 2 aromatic carbocycles. The molecule has 96 valence electrons. The highest BCUT2D eigenvalue weighted by Gasteiger charge is 2.05. The number of anilines is 1. The van der Waals surface area contributed by atoms with Gasteiger partial charge in [-0.3, -0.25) is 0 Å². The van der Waals surface area contributed by atoms with Crippen LogP contribution in [0.3, 0.4) is 0 Å². The lowest BCUT2D eigenvalue weighted by atomic mass is 10.1. The molecule has 0 heterocycles. The molecule has 0 spiro atoms. The molecule has 2 rings (SSSR count). The van der Waals surface area contributed by atoms with Crippen molar-refractivity contribution in [2.24, 2.45) is 0 Å². The lowest BCUT2D eigenvalue weighted by molar-refractivity contribution is 0.410. The Labute approximate surface area is 117 Å². The second kappa shape index (κ2) is 6.12. The van der Waals surface area contributed by atoms with Crippen LogP contribution in [0.15, 0.2) is 42.5 Å². The summed E-state index contributed by atoms with van der Waals surface area (Å²) in [6.45, 7) is 0.568. The van der Waals surface area contributed by atoms with E-state index in [1.807, 2.05) is 24.3 Å². The first-order valence-electron chi connectivity index (χ1n) is 5.80. The highest BCUT2D eigenvalue weighted by Crippen LogP contribution is 2.23. The van der Waals surface area contributed by atoms with Crippen LogP contribution >= 0.6 is 11.6 Å². The zero-order valence-electron chi connectivity index (χ0n) is 10.5. The fourth-order valence-electron chi connectivity index (χ4n) is 1.80. The lowest BCUT2D eigenvalue weighted by Gasteiger charge is -2.11. The van der Waals surface area contributed by atoms with Crippen LogP contribution in [0.1, 0.15) is 11.1 Å². The molecule has 3 nitrogen and oxygen atoms in total. The highest BCUT2D eigenvalue weighted by molar-refractivity contribution is 6.30. The fourth-order valence-corrected chi connectivity index (χ4v) is 1.97. The minimum absolute atomic E-state index is 0.568. The van der Waals surface area contributed by atoms with E-state index >= 15 is 0 Å². The predicted octanol–water partition coefficient (Wildman–Crippen LogP) is 3.83. The number of nitriles is 1. The normalized spacial score (nSPS) is 9.74. The van der Waals surface area contributed by atoms with E-state index in [-0.39, 0.29) is 0 Å².